The average molecular weight is 368 g/mol. The van der Waals surface area contributed by atoms with Crippen LogP contribution < -0.4 is 5.32 Å². The van der Waals surface area contributed by atoms with Gasteiger partial charge in [-0.3, -0.25) is 4.79 Å². The van der Waals surface area contributed by atoms with E-state index in [2.05, 4.69) is 10.5 Å². The van der Waals surface area contributed by atoms with Crippen LogP contribution in [0, 0.1) is 6.92 Å². The number of aryl methyl sites for hydroxylation is 1. The molecule has 1 N–H and O–H groups in total. The Morgan fingerprint density at radius 1 is 1.00 bits per heavy atom. The zero-order valence-corrected chi connectivity index (χ0v) is 15.0. The Morgan fingerprint density at radius 2 is 1.65 bits per heavy atom. The standard InChI is InChI=1S/C19H16N2O4S/c1-12-17(18(21-25-12)15-6-4-3-5-7-15)14-8-10-16(11-9-14)20-19(22)13(2)26(23)24/h3-11H,1-2H3,(H,20,22). The number of anilines is 1. The smallest absolute Gasteiger partial charge is 0.266 e. The van der Waals surface area contributed by atoms with E-state index < -0.39 is 16.2 Å². The summed E-state index contributed by atoms with van der Waals surface area (Å²) in [4.78, 5) is 11.5. The summed E-state index contributed by atoms with van der Waals surface area (Å²) in [6.45, 7) is 3.09. The van der Waals surface area contributed by atoms with Crippen LogP contribution in [0.5, 0.6) is 0 Å². The van der Waals surface area contributed by atoms with Crippen LogP contribution in [-0.2, 0) is 15.1 Å². The van der Waals surface area contributed by atoms with E-state index >= 15 is 0 Å². The van der Waals surface area contributed by atoms with Crippen LogP contribution in [0.25, 0.3) is 22.4 Å². The summed E-state index contributed by atoms with van der Waals surface area (Å²) in [5.41, 5.74) is 3.94. The van der Waals surface area contributed by atoms with Crippen molar-refractivity contribution in [3.05, 3.63) is 60.4 Å². The van der Waals surface area contributed by atoms with Crippen LogP contribution in [0.15, 0.2) is 59.1 Å². The molecule has 1 heterocycles. The summed E-state index contributed by atoms with van der Waals surface area (Å²) in [6, 6.07) is 16.8. The van der Waals surface area contributed by atoms with E-state index in [0.29, 0.717) is 11.4 Å². The Bertz CT molecular complexity index is 1070. The Morgan fingerprint density at radius 3 is 2.27 bits per heavy atom. The lowest BCUT2D eigenvalue weighted by atomic mass is 9.99. The maximum Gasteiger partial charge on any atom is 0.266 e. The van der Waals surface area contributed by atoms with Crippen molar-refractivity contribution in [1.82, 2.24) is 5.16 Å². The van der Waals surface area contributed by atoms with Crippen LogP contribution in [-0.4, -0.2) is 24.3 Å². The summed E-state index contributed by atoms with van der Waals surface area (Å²) in [5, 5.41) is 6.71. The maximum atomic E-state index is 11.8. The van der Waals surface area contributed by atoms with E-state index in [1.165, 1.54) is 6.92 Å². The second-order valence-electron chi connectivity index (χ2n) is 5.65. The molecular weight excluding hydrogens is 352 g/mol. The van der Waals surface area contributed by atoms with Crippen molar-refractivity contribution in [2.24, 2.45) is 0 Å². The Balaban J connectivity index is 1.92. The summed E-state index contributed by atoms with van der Waals surface area (Å²) >= 11 is 0. The lowest BCUT2D eigenvalue weighted by Crippen LogP contribution is -2.20. The van der Waals surface area contributed by atoms with Gasteiger partial charge in [0.1, 0.15) is 16.3 Å². The summed E-state index contributed by atoms with van der Waals surface area (Å²) in [5.74, 6) is 0.0313. The third-order valence-corrected chi connectivity index (χ3v) is 4.60. The number of amides is 1. The molecule has 6 nitrogen and oxygen atoms in total. The normalized spacial score (nSPS) is 10.4. The van der Waals surface area contributed by atoms with E-state index in [-0.39, 0.29) is 4.86 Å². The molecule has 132 valence electrons. The van der Waals surface area contributed by atoms with Crippen LogP contribution in [0.4, 0.5) is 5.69 Å². The Kier molecular flexibility index (Phi) is 4.99. The second kappa shape index (κ2) is 7.37. The molecule has 0 spiro atoms. The summed E-state index contributed by atoms with van der Waals surface area (Å²) < 4.78 is 27.0. The van der Waals surface area contributed by atoms with Gasteiger partial charge in [0, 0.05) is 11.3 Å². The highest BCUT2D eigenvalue weighted by Crippen LogP contribution is 2.34. The lowest BCUT2D eigenvalue weighted by molar-refractivity contribution is -0.110. The fourth-order valence-electron chi connectivity index (χ4n) is 2.52. The first kappa shape index (κ1) is 17.6. The van der Waals surface area contributed by atoms with E-state index in [1.54, 1.807) is 12.1 Å². The largest absolute Gasteiger partial charge is 0.360 e. The fraction of sp³-hybridized carbons (Fsp3) is 0.105. The van der Waals surface area contributed by atoms with Crippen LogP contribution in [0.1, 0.15) is 12.7 Å². The molecule has 1 amide bonds. The van der Waals surface area contributed by atoms with E-state index in [4.69, 9.17) is 4.52 Å². The number of aromatic nitrogens is 1. The van der Waals surface area contributed by atoms with Gasteiger partial charge in [-0.05, 0) is 31.5 Å². The lowest BCUT2D eigenvalue weighted by Gasteiger charge is -2.06. The molecule has 0 saturated heterocycles. The predicted molar refractivity (Wildman–Crippen MR) is 100 cm³/mol. The van der Waals surface area contributed by atoms with Gasteiger partial charge in [-0.15, -0.1) is 0 Å². The minimum Gasteiger partial charge on any atom is -0.360 e. The number of carbonyl (C=O) groups excluding carboxylic acids is 1. The molecule has 0 radical (unpaired) electrons. The van der Waals surface area contributed by atoms with Crippen molar-refractivity contribution < 1.29 is 17.7 Å². The molecule has 2 aromatic carbocycles. The number of nitrogens with one attached hydrogen (secondary N) is 1. The van der Waals surface area contributed by atoms with Crippen LogP contribution in [0.2, 0.25) is 0 Å². The highest BCUT2D eigenvalue weighted by molar-refractivity contribution is 7.74. The monoisotopic (exact) mass is 368 g/mol. The highest BCUT2D eigenvalue weighted by Gasteiger charge is 2.16. The first-order valence-electron chi connectivity index (χ1n) is 7.83. The van der Waals surface area contributed by atoms with Crippen molar-refractivity contribution in [3.63, 3.8) is 0 Å². The average Bonchev–Trinajstić information content (AvgIpc) is 3.04. The predicted octanol–water partition coefficient (Wildman–Crippen LogP) is 3.33. The summed E-state index contributed by atoms with van der Waals surface area (Å²) in [7, 11) is -2.54. The molecule has 0 aliphatic heterocycles. The second-order valence-corrected chi connectivity index (χ2v) is 6.73. The number of benzene rings is 2. The first-order chi connectivity index (χ1) is 12.5. The molecule has 3 rings (SSSR count). The van der Waals surface area contributed by atoms with Crippen molar-refractivity contribution in [3.8, 4) is 22.4 Å². The van der Waals surface area contributed by atoms with Gasteiger partial charge in [-0.1, -0.05) is 47.6 Å². The highest BCUT2D eigenvalue weighted by atomic mass is 32.2. The molecule has 0 saturated carbocycles. The SMILES string of the molecule is CC(C(=O)Nc1ccc(-c2c(-c3ccccc3)noc2C)cc1)=S(=O)=O. The topological polar surface area (TPSA) is 89.3 Å². The van der Waals surface area contributed by atoms with Crippen molar-refractivity contribution in [1.29, 1.82) is 0 Å². The van der Waals surface area contributed by atoms with Gasteiger partial charge in [0.25, 0.3) is 5.91 Å². The maximum absolute atomic E-state index is 11.8. The third-order valence-electron chi connectivity index (χ3n) is 3.91. The van der Waals surface area contributed by atoms with Gasteiger partial charge in [-0.25, -0.2) is 0 Å². The zero-order valence-electron chi connectivity index (χ0n) is 14.2. The Hall–Kier alpha value is -3.19. The fourth-order valence-corrected chi connectivity index (χ4v) is 2.72. The molecule has 0 atom stereocenters. The van der Waals surface area contributed by atoms with E-state index in [9.17, 15) is 13.2 Å². The number of hydrogen-bond donors (Lipinski definition) is 1. The van der Waals surface area contributed by atoms with Gasteiger partial charge in [0.05, 0.1) is 5.56 Å². The molecule has 0 bridgehead atoms. The minimum absolute atomic E-state index is 0.268. The first-order valence-corrected chi connectivity index (χ1v) is 8.91. The van der Waals surface area contributed by atoms with Gasteiger partial charge < -0.3 is 9.84 Å². The molecular formula is C19H16N2O4S. The van der Waals surface area contributed by atoms with Crippen molar-refractivity contribution in [2.45, 2.75) is 13.8 Å². The molecule has 0 fully saturated rings. The molecule has 1 aromatic heterocycles. The van der Waals surface area contributed by atoms with Gasteiger partial charge in [0.2, 0.25) is 10.3 Å². The van der Waals surface area contributed by atoms with Crippen molar-refractivity contribution in [2.75, 3.05) is 5.32 Å². The van der Waals surface area contributed by atoms with Gasteiger partial charge in [-0.2, -0.15) is 8.42 Å². The van der Waals surface area contributed by atoms with Crippen LogP contribution >= 0.6 is 0 Å². The molecule has 0 unspecified atom stereocenters. The summed E-state index contributed by atoms with van der Waals surface area (Å²) in [6.07, 6.45) is 0. The molecule has 26 heavy (non-hydrogen) atoms. The molecule has 3 aromatic rings. The Labute approximate surface area is 152 Å². The van der Waals surface area contributed by atoms with Gasteiger partial charge >= 0.3 is 0 Å². The van der Waals surface area contributed by atoms with Crippen molar-refractivity contribution >= 4 is 26.8 Å². The number of hydrogen-bond acceptors (Lipinski definition) is 5. The quantitative estimate of drug-likeness (QED) is 0.714. The van der Waals surface area contributed by atoms with E-state index in [1.807, 2.05) is 49.4 Å². The number of carbonyl (C=O) groups is 1. The van der Waals surface area contributed by atoms with Crippen LogP contribution in [0.3, 0.4) is 0 Å². The number of rotatable bonds is 4. The molecule has 7 heteroatoms. The van der Waals surface area contributed by atoms with E-state index in [0.717, 1.165) is 22.4 Å². The third kappa shape index (κ3) is 3.57. The minimum atomic E-state index is -2.54. The van der Waals surface area contributed by atoms with Gasteiger partial charge in [0.15, 0.2) is 0 Å². The molecule has 0 aliphatic rings. The zero-order chi connectivity index (χ0) is 18.7. The number of nitrogens with zero attached hydrogens (tertiary/aromatic N) is 1. The molecule has 0 aliphatic carbocycles.